The van der Waals surface area contributed by atoms with E-state index in [9.17, 15) is 14.9 Å². The van der Waals surface area contributed by atoms with E-state index in [1.165, 1.54) is 18.6 Å². The SMILES string of the molecule is CNc1ccc([N+](=O)[O-])c(C(=O)NC2(C)CCCCC2)c1. The van der Waals surface area contributed by atoms with Crippen LogP contribution in [-0.2, 0) is 0 Å². The van der Waals surface area contributed by atoms with E-state index in [4.69, 9.17) is 0 Å². The van der Waals surface area contributed by atoms with E-state index in [2.05, 4.69) is 10.6 Å². The number of nitro groups is 1. The summed E-state index contributed by atoms with van der Waals surface area (Å²) >= 11 is 0. The Morgan fingerprint density at radius 2 is 1.95 bits per heavy atom. The van der Waals surface area contributed by atoms with Crippen LogP contribution in [-0.4, -0.2) is 23.4 Å². The minimum absolute atomic E-state index is 0.110. The molecular weight excluding hydrogens is 270 g/mol. The molecule has 0 atom stereocenters. The van der Waals surface area contributed by atoms with E-state index in [-0.39, 0.29) is 22.7 Å². The molecule has 0 aliphatic heterocycles. The Morgan fingerprint density at radius 3 is 2.52 bits per heavy atom. The normalized spacial score (nSPS) is 17.0. The van der Waals surface area contributed by atoms with Crippen LogP contribution >= 0.6 is 0 Å². The second-order valence-corrected chi connectivity index (χ2v) is 5.81. The van der Waals surface area contributed by atoms with Crippen LogP contribution in [0, 0.1) is 10.1 Å². The lowest BCUT2D eigenvalue weighted by Gasteiger charge is -2.34. The number of amides is 1. The molecule has 114 valence electrons. The second-order valence-electron chi connectivity index (χ2n) is 5.81. The Balaban J connectivity index is 2.26. The van der Waals surface area contributed by atoms with E-state index < -0.39 is 4.92 Å². The van der Waals surface area contributed by atoms with Gasteiger partial charge in [0, 0.05) is 24.3 Å². The summed E-state index contributed by atoms with van der Waals surface area (Å²) in [7, 11) is 1.71. The lowest BCUT2D eigenvalue weighted by molar-refractivity contribution is -0.385. The molecule has 21 heavy (non-hydrogen) atoms. The fraction of sp³-hybridized carbons (Fsp3) is 0.533. The van der Waals surface area contributed by atoms with Crippen LogP contribution in [0.15, 0.2) is 18.2 Å². The maximum absolute atomic E-state index is 12.5. The highest BCUT2D eigenvalue weighted by Crippen LogP contribution is 2.29. The third-order valence-electron chi connectivity index (χ3n) is 4.10. The zero-order valence-electron chi connectivity index (χ0n) is 12.4. The molecule has 0 unspecified atom stereocenters. The van der Waals surface area contributed by atoms with Crippen LogP contribution in [0.25, 0.3) is 0 Å². The Morgan fingerprint density at radius 1 is 1.29 bits per heavy atom. The van der Waals surface area contributed by atoms with Crippen molar-refractivity contribution >= 4 is 17.3 Å². The van der Waals surface area contributed by atoms with Gasteiger partial charge in [0.15, 0.2) is 0 Å². The standard InChI is InChI=1S/C15H21N3O3/c1-15(8-4-3-5-9-15)17-14(19)12-10-11(16-2)6-7-13(12)18(20)21/h6-7,10,16H,3-5,8-9H2,1-2H3,(H,17,19). The van der Waals surface area contributed by atoms with Gasteiger partial charge in [0.05, 0.1) is 4.92 Å². The molecule has 6 heteroatoms. The lowest BCUT2D eigenvalue weighted by Crippen LogP contribution is -2.47. The molecule has 1 aliphatic carbocycles. The summed E-state index contributed by atoms with van der Waals surface area (Å²) < 4.78 is 0. The van der Waals surface area contributed by atoms with Crippen LogP contribution in [0.5, 0.6) is 0 Å². The van der Waals surface area contributed by atoms with E-state index in [0.29, 0.717) is 5.69 Å². The number of hydrogen-bond acceptors (Lipinski definition) is 4. The topological polar surface area (TPSA) is 84.3 Å². The van der Waals surface area contributed by atoms with Crippen molar-refractivity contribution in [1.29, 1.82) is 0 Å². The van der Waals surface area contributed by atoms with Crippen molar-refractivity contribution in [3.05, 3.63) is 33.9 Å². The Hall–Kier alpha value is -2.11. The smallest absolute Gasteiger partial charge is 0.282 e. The Bertz CT molecular complexity index is 551. The van der Waals surface area contributed by atoms with Crippen LogP contribution in [0.3, 0.4) is 0 Å². The van der Waals surface area contributed by atoms with Crippen LogP contribution in [0.4, 0.5) is 11.4 Å². The average molecular weight is 291 g/mol. The summed E-state index contributed by atoms with van der Waals surface area (Å²) in [6.07, 6.45) is 5.17. The molecule has 0 radical (unpaired) electrons. The van der Waals surface area contributed by atoms with Crippen LogP contribution in [0.1, 0.15) is 49.4 Å². The third-order valence-corrected chi connectivity index (χ3v) is 4.10. The zero-order valence-corrected chi connectivity index (χ0v) is 12.4. The summed E-state index contributed by atoms with van der Waals surface area (Å²) in [6.45, 7) is 2.01. The molecule has 6 nitrogen and oxygen atoms in total. The molecule has 2 rings (SSSR count). The second kappa shape index (κ2) is 6.11. The highest BCUT2D eigenvalue weighted by molar-refractivity contribution is 5.99. The van der Waals surface area contributed by atoms with Crippen molar-refractivity contribution in [2.45, 2.75) is 44.6 Å². The van der Waals surface area contributed by atoms with Crippen molar-refractivity contribution in [3.63, 3.8) is 0 Å². The zero-order chi connectivity index (χ0) is 15.5. The number of carbonyl (C=O) groups excluding carboxylic acids is 1. The summed E-state index contributed by atoms with van der Waals surface area (Å²) in [5.41, 5.74) is 0.364. The molecule has 1 aromatic rings. The first-order valence-electron chi connectivity index (χ1n) is 7.24. The summed E-state index contributed by atoms with van der Waals surface area (Å²) in [4.78, 5) is 23.1. The van der Waals surface area contributed by atoms with Crippen molar-refractivity contribution in [2.24, 2.45) is 0 Å². The maximum Gasteiger partial charge on any atom is 0.282 e. The van der Waals surface area contributed by atoms with Gasteiger partial charge in [-0.25, -0.2) is 0 Å². The Kier molecular flexibility index (Phi) is 4.45. The van der Waals surface area contributed by atoms with E-state index in [1.54, 1.807) is 13.1 Å². The minimum Gasteiger partial charge on any atom is -0.388 e. The van der Waals surface area contributed by atoms with E-state index in [0.717, 1.165) is 25.7 Å². The van der Waals surface area contributed by atoms with Crippen molar-refractivity contribution in [3.8, 4) is 0 Å². The number of hydrogen-bond donors (Lipinski definition) is 2. The molecule has 0 heterocycles. The van der Waals surface area contributed by atoms with Crippen molar-refractivity contribution in [1.82, 2.24) is 5.32 Å². The molecule has 0 aromatic heterocycles. The highest BCUT2D eigenvalue weighted by atomic mass is 16.6. The lowest BCUT2D eigenvalue weighted by atomic mass is 9.83. The number of nitrogens with one attached hydrogen (secondary N) is 2. The number of rotatable bonds is 4. The summed E-state index contributed by atoms with van der Waals surface area (Å²) in [6, 6.07) is 4.49. The fourth-order valence-electron chi connectivity index (χ4n) is 2.83. The average Bonchev–Trinajstić information content (AvgIpc) is 2.46. The maximum atomic E-state index is 12.5. The molecule has 1 fully saturated rings. The van der Waals surface area contributed by atoms with Gasteiger partial charge in [-0.05, 0) is 31.9 Å². The monoisotopic (exact) mass is 291 g/mol. The van der Waals surface area contributed by atoms with Gasteiger partial charge in [0.2, 0.25) is 0 Å². The predicted molar refractivity (Wildman–Crippen MR) is 81.6 cm³/mol. The molecule has 0 bridgehead atoms. The van der Waals surface area contributed by atoms with Gasteiger partial charge >= 0.3 is 0 Å². The first-order chi connectivity index (χ1) is 9.95. The number of nitrogens with zero attached hydrogens (tertiary/aromatic N) is 1. The largest absolute Gasteiger partial charge is 0.388 e. The molecule has 2 N–H and O–H groups in total. The van der Waals surface area contributed by atoms with Gasteiger partial charge in [-0.1, -0.05) is 19.3 Å². The highest BCUT2D eigenvalue weighted by Gasteiger charge is 2.31. The van der Waals surface area contributed by atoms with Gasteiger partial charge in [-0.2, -0.15) is 0 Å². The van der Waals surface area contributed by atoms with Gasteiger partial charge in [-0.3, -0.25) is 14.9 Å². The number of benzene rings is 1. The Labute approximate surface area is 124 Å². The number of anilines is 1. The van der Waals surface area contributed by atoms with Crippen molar-refractivity contribution in [2.75, 3.05) is 12.4 Å². The number of carbonyl (C=O) groups is 1. The quantitative estimate of drug-likeness (QED) is 0.659. The fourth-order valence-corrected chi connectivity index (χ4v) is 2.83. The van der Waals surface area contributed by atoms with Gasteiger partial charge in [-0.15, -0.1) is 0 Å². The molecule has 0 spiro atoms. The van der Waals surface area contributed by atoms with Gasteiger partial charge in [0.25, 0.3) is 11.6 Å². The molecule has 1 aliphatic rings. The predicted octanol–water partition coefficient (Wildman–Crippen LogP) is 3.09. The first kappa shape index (κ1) is 15.3. The molecule has 1 saturated carbocycles. The van der Waals surface area contributed by atoms with Crippen LogP contribution in [0.2, 0.25) is 0 Å². The number of nitro benzene ring substituents is 1. The molecule has 1 aromatic carbocycles. The molecular formula is C15H21N3O3. The summed E-state index contributed by atoms with van der Waals surface area (Å²) in [5.74, 6) is -0.372. The minimum atomic E-state index is -0.516. The first-order valence-corrected chi connectivity index (χ1v) is 7.24. The molecule has 1 amide bonds. The van der Waals surface area contributed by atoms with E-state index >= 15 is 0 Å². The van der Waals surface area contributed by atoms with E-state index in [1.807, 2.05) is 6.92 Å². The van der Waals surface area contributed by atoms with Gasteiger partial charge < -0.3 is 10.6 Å². The van der Waals surface area contributed by atoms with Crippen LogP contribution < -0.4 is 10.6 Å². The third kappa shape index (κ3) is 3.51. The van der Waals surface area contributed by atoms with Crippen molar-refractivity contribution < 1.29 is 9.72 Å². The summed E-state index contributed by atoms with van der Waals surface area (Å²) in [5, 5.41) is 17.0. The molecule has 0 saturated heterocycles. The van der Waals surface area contributed by atoms with Gasteiger partial charge in [0.1, 0.15) is 5.56 Å².